The lowest BCUT2D eigenvalue weighted by molar-refractivity contribution is 0.568. The third kappa shape index (κ3) is 3.10. The molecule has 1 heterocycles. The van der Waals surface area contributed by atoms with E-state index in [9.17, 15) is 0 Å². The van der Waals surface area contributed by atoms with Gasteiger partial charge in [0.25, 0.3) is 0 Å². The number of nitrogens with zero attached hydrogens (tertiary/aromatic N) is 2. The average molecular weight is 271 g/mol. The van der Waals surface area contributed by atoms with Crippen LogP contribution >= 0.6 is 0 Å². The molecule has 1 aromatic heterocycles. The van der Waals surface area contributed by atoms with Gasteiger partial charge in [-0.1, -0.05) is 31.2 Å². The van der Waals surface area contributed by atoms with Gasteiger partial charge in [0.05, 0.1) is 5.69 Å². The number of benzene rings is 1. The van der Waals surface area contributed by atoms with Crippen molar-refractivity contribution in [3.8, 4) is 0 Å². The molecule has 0 spiro atoms. The summed E-state index contributed by atoms with van der Waals surface area (Å²) in [5, 5.41) is 8.08. The first-order valence-electron chi connectivity index (χ1n) is 7.34. The number of rotatable bonds is 5. The van der Waals surface area contributed by atoms with Gasteiger partial charge in [-0.2, -0.15) is 5.10 Å². The Labute approximate surface area is 122 Å². The summed E-state index contributed by atoms with van der Waals surface area (Å²) in [6.45, 7) is 9.49. The highest BCUT2D eigenvalue weighted by Crippen LogP contribution is 2.21. The van der Waals surface area contributed by atoms with Gasteiger partial charge in [-0.3, -0.25) is 4.68 Å². The van der Waals surface area contributed by atoms with Crippen LogP contribution in [0.25, 0.3) is 0 Å². The highest BCUT2D eigenvalue weighted by atomic mass is 15.3. The van der Waals surface area contributed by atoms with Crippen LogP contribution in [-0.4, -0.2) is 9.78 Å². The SMILES string of the molecule is CCc1ccc(CN[C@@H](C)c2c(C)nn(C)c2C)cc1. The number of aryl methyl sites for hydroxylation is 3. The maximum atomic E-state index is 4.49. The summed E-state index contributed by atoms with van der Waals surface area (Å²) in [7, 11) is 2.00. The van der Waals surface area contributed by atoms with Crippen LogP contribution in [0.5, 0.6) is 0 Å². The second-order valence-electron chi connectivity index (χ2n) is 5.48. The summed E-state index contributed by atoms with van der Waals surface area (Å²) in [4.78, 5) is 0. The molecule has 0 aliphatic rings. The fourth-order valence-corrected chi connectivity index (χ4v) is 2.68. The number of nitrogens with one attached hydrogen (secondary N) is 1. The third-order valence-electron chi connectivity index (χ3n) is 4.04. The van der Waals surface area contributed by atoms with E-state index in [1.54, 1.807) is 0 Å². The van der Waals surface area contributed by atoms with Gasteiger partial charge in [0, 0.05) is 30.9 Å². The number of hydrogen-bond acceptors (Lipinski definition) is 2. The zero-order chi connectivity index (χ0) is 14.7. The molecule has 0 saturated carbocycles. The van der Waals surface area contributed by atoms with Crippen molar-refractivity contribution in [2.24, 2.45) is 7.05 Å². The standard InChI is InChI=1S/C17H25N3/c1-6-15-7-9-16(10-8-15)11-18-12(2)17-13(3)19-20(5)14(17)4/h7-10,12,18H,6,11H2,1-5H3/t12-/m0/s1. The van der Waals surface area contributed by atoms with E-state index in [-0.39, 0.29) is 0 Å². The van der Waals surface area contributed by atoms with Gasteiger partial charge in [-0.25, -0.2) is 0 Å². The van der Waals surface area contributed by atoms with Crippen molar-refractivity contribution < 1.29 is 0 Å². The summed E-state index contributed by atoms with van der Waals surface area (Å²) in [6.07, 6.45) is 1.10. The smallest absolute Gasteiger partial charge is 0.0644 e. The van der Waals surface area contributed by atoms with Crippen molar-refractivity contribution in [1.82, 2.24) is 15.1 Å². The molecular formula is C17H25N3. The van der Waals surface area contributed by atoms with Crippen LogP contribution in [0.2, 0.25) is 0 Å². The van der Waals surface area contributed by atoms with Gasteiger partial charge < -0.3 is 5.32 Å². The summed E-state index contributed by atoms with van der Waals surface area (Å²) >= 11 is 0. The molecule has 1 aromatic carbocycles. The monoisotopic (exact) mass is 271 g/mol. The molecule has 0 radical (unpaired) electrons. The first kappa shape index (κ1) is 14.8. The van der Waals surface area contributed by atoms with E-state index in [1.807, 2.05) is 11.7 Å². The zero-order valence-electron chi connectivity index (χ0n) is 13.2. The molecule has 3 nitrogen and oxygen atoms in total. The van der Waals surface area contributed by atoms with Crippen LogP contribution in [-0.2, 0) is 20.0 Å². The Balaban J connectivity index is 2.02. The van der Waals surface area contributed by atoms with Gasteiger partial charge in [-0.15, -0.1) is 0 Å². The second kappa shape index (κ2) is 6.23. The van der Waals surface area contributed by atoms with Crippen LogP contribution in [0, 0.1) is 13.8 Å². The predicted molar refractivity (Wildman–Crippen MR) is 83.8 cm³/mol. The van der Waals surface area contributed by atoms with Crippen LogP contribution < -0.4 is 5.32 Å². The summed E-state index contributed by atoms with van der Waals surface area (Å²) in [6, 6.07) is 9.16. The molecule has 108 valence electrons. The summed E-state index contributed by atoms with van der Waals surface area (Å²) in [5.41, 5.74) is 6.39. The first-order chi connectivity index (χ1) is 9.52. The van der Waals surface area contributed by atoms with E-state index in [0.29, 0.717) is 6.04 Å². The minimum atomic E-state index is 0.314. The molecule has 0 aliphatic heterocycles. The average Bonchev–Trinajstić information content (AvgIpc) is 2.70. The minimum absolute atomic E-state index is 0.314. The summed E-state index contributed by atoms with van der Waals surface area (Å²) in [5.74, 6) is 0. The van der Waals surface area contributed by atoms with Crippen molar-refractivity contribution in [3.05, 3.63) is 52.3 Å². The van der Waals surface area contributed by atoms with Crippen molar-refractivity contribution in [1.29, 1.82) is 0 Å². The Kier molecular flexibility index (Phi) is 4.61. The lowest BCUT2D eigenvalue weighted by atomic mass is 10.1. The Morgan fingerprint density at radius 2 is 1.75 bits per heavy atom. The van der Waals surface area contributed by atoms with Gasteiger partial charge in [0.2, 0.25) is 0 Å². The van der Waals surface area contributed by atoms with Crippen molar-refractivity contribution in [3.63, 3.8) is 0 Å². The molecular weight excluding hydrogens is 246 g/mol. The number of aromatic nitrogens is 2. The molecule has 20 heavy (non-hydrogen) atoms. The van der Waals surface area contributed by atoms with Crippen LogP contribution in [0.1, 0.15) is 48.0 Å². The molecule has 2 rings (SSSR count). The maximum Gasteiger partial charge on any atom is 0.0644 e. The van der Waals surface area contributed by atoms with Crippen molar-refractivity contribution >= 4 is 0 Å². The Hall–Kier alpha value is -1.61. The lowest BCUT2D eigenvalue weighted by Crippen LogP contribution is -2.19. The zero-order valence-corrected chi connectivity index (χ0v) is 13.2. The van der Waals surface area contributed by atoms with Gasteiger partial charge in [-0.05, 0) is 38.3 Å². The molecule has 0 aliphatic carbocycles. The van der Waals surface area contributed by atoms with E-state index in [2.05, 4.69) is 62.4 Å². The molecule has 2 aromatic rings. The predicted octanol–water partition coefficient (Wildman–Crippen LogP) is 3.45. The van der Waals surface area contributed by atoms with Gasteiger partial charge in [0.15, 0.2) is 0 Å². The Bertz CT molecular complexity index is 567. The molecule has 0 amide bonds. The normalized spacial score (nSPS) is 12.7. The third-order valence-corrected chi connectivity index (χ3v) is 4.04. The van der Waals surface area contributed by atoms with E-state index < -0.39 is 0 Å². The quantitative estimate of drug-likeness (QED) is 0.902. The fraction of sp³-hybridized carbons (Fsp3) is 0.471. The number of hydrogen-bond donors (Lipinski definition) is 1. The van der Waals surface area contributed by atoms with Crippen LogP contribution in [0.4, 0.5) is 0 Å². The Morgan fingerprint density at radius 1 is 1.15 bits per heavy atom. The molecule has 1 N–H and O–H groups in total. The van der Waals surface area contributed by atoms with Crippen LogP contribution in [0.3, 0.4) is 0 Å². The molecule has 1 atom stereocenters. The van der Waals surface area contributed by atoms with E-state index in [4.69, 9.17) is 0 Å². The highest BCUT2D eigenvalue weighted by molar-refractivity contribution is 5.28. The Morgan fingerprint density at radius 3 is 2.25 bits per heavy atom. The minimum Gasteiger partial charge on any atom is -0.306 e. The molecule has 3 heteroatoms. The first-order valence-corrected chi connectivity index (χ1v) is 7.34. The van der Waals surface area contributed by atoms with E-state index >= 15 is 0 Å². The summed E-state index contributed by atoms with van der Waals surface area (Å²) < 4.78 is 1.96. The largest absolute Gasteiger partial charge is 0.306 e. The van der Waals surface area contributed by atoms with E-state index in [1.165, 1.54) is 22.4 Å². The van der Waals surface area contributed by atoms with Crippen molar-refractivity contribution in [2.45, 2.75) is 46.7 Å². The molecule has 0 fully saturated rings. The topological polar surface area (TPSA) is 29.9 Å². The van der Waals surface area contributed by atoms with E-state index in [0.717, 1.165) is 18.7 Å². The van der Waals surface area contributed by atoms with Gasteiger partial charge in [0.1, 0.15) is 0 Å². The highest BCUT2D eigenvalue weighted by Gasteiger charge is 2.15. The molecule has 0 unspecified atom stereocenters. The second-order valence-corrected chi connectivity index (χ2v) is 5.48. The molecule has 0 saturated heterocycles. The molecule has 0 bridgehead atoms. The van der Waals surface area contributed by atoms with Crippen LogP contribution in [0.15, 0.2) is 24.3 Å². The van der Waals surface area contributed by atoms with Crippen molar-refractivity contribution in [2.75, 3.05) is 0 Å². The fourth-order valence-electron chi connectivity index (χ4n) is 2.68. The maximum absolute atomic E-state index is 4.49. The lowest BCUT2D eigenvalue weighted by Gasteiger charge is -2.15. The van der Waals surface area contributed by atoms with Gasteiger partial charge >= 0.3 is 0 Å².